The molecular formula is C17H23N5O4. The van der Waals surface area contributed by atoms with Gasteiger partial charge in [-0.25, -0.2) is 4.79 Å². The van der Waals surface area contributed by atoms with Crippen LogP contribution in [0.15, 0.2) is 30.3 Å². The molecule has 0 spiro atoms. The molecule has 0 aromatic heterocycles. The van der Waals surface area contributed by atoms with E-state index in [1.54, 1.807) is 58.4 Å². The number of hydrogen-bond donors (Lipinski definition) is 2. The molecule has 1 fully saturated rings. The molecule has 1 saturated heterocycles. The molecule has 0 bridgehead atoms. The zero-order valence-electron chi connectivity index (χ0n) is 15.3. The van der Waals surface area contributed by atoms with E-state index < -0.39 is 23.4 Å². The Bertz CT molecular complexity index is 721. The van der Waals surface area contributed by atoms with Gasteiger partial charge in [-0.1, -0.05) is 30.3 Å². The summed E-state index contributed by atoms with van der Waals surface area (Å²) in [5, 5.41) is 3.28. The highest BCUT2D eigenvalue weighted by Crippen LogP contribution is 2.27. The molecule has 1 aliphatic rings. The van der Waals surface area contributed by atoms with E-state index in [0.717, 1.165) is 0 Å². The Balaban J connectivity index is 2.01. The predicted octanol–water partition coefficient (Wildman–Crippen LogP) is -0.495. The van der Waals surface area contributed by atoms with Crippen LogP contribution in [0.4, 0.5) is 4.79 Å². The van der Waals surface area contributed by atoms with E-state index in [0.29, 0.717) is 10.6 Å². The Labute approximate surface area is 151 Å². The van der Waals surface area contributed by atoms with Crippen LogP contribution < -0.4 is 10.7 Å². The topological polar surface area (TPSA) is 102 Å². The summed E-state index contributed by atoms with van der Waals surface area (Å²) in [4.78, 5) is 51.6. The molecule has 26 heavy (non-hydrogen) atoms. The van der Waals surface area contributed by atoms with Gasteiger partial charge in [0.15, 0.2) is 0 Å². The van der Waals surface area contributed by atoms with Gasteiger partial charge in [0, 0.05) is 14.1 Å². The first kappa shape index (κ1) is 19.4. The molecule has 5 amide bonds. The van der Waals surface area contributed by atoms with Crippen LogP contribution in [-0.2, 0) is 19.9 Å². The number of amides is 5. The summed E-state index contributed by atoms with van der Waals surface area (Å²) in [6.07, 6.45) is 0. The molecule has 1 aromatic rings. The highest BCUT2D eigenvalue weighted by atomic mass is 16.2. The van der Waals surface area contributed by atoms with Crippen molar-refractivity contribution in [2.75, 3.05) is 34.2 Å². The summed E-state index contributed by atoms with van der Waals surface area (Å²) < 4.78 is 0. The molecule has 0 aliphatic carbocycles. The highest BCUT2D eigenvalue weighted by molar-refractivity contribution is 6.08. The molecule has 140 valence electrons. The van der Waals surface area contributed by atoms with Gasteiger partial charge in [0.2, 0.25) is 5.91 Å². The van der Waals surface area contributed by atoms with E-state index >= 15 is 0 Å². The maximum absolute atomic E-state index is 12.7. The normalized spacial score (nSPS) is 19.5. The van der Waals surface area contributed by atoms with E-state index in [4.69, 9.17) is 0 Å². The quantitative estimate of drug-likeness (QED) is 0.666. The first-order valence-corrected chi connectivity index (χ1v) is 8.05. The maximum Gasteiger partial charge on any atom is 0.344 e. The summed E-state index contributed by atoms with van der Waals surface area (Å²) in [5.41, 5.74) is 1.67. The van der Waals surface area contributed by atoms with Crippen LogP contribution >= 0.6 is 0 Å². The molecule has 2 rings (SSSR count). The Hall–Kier alpha value is -2.94. The van der Waals surface area contributed by atoms with Gasteiger partial charge in [-0.2, -0.15) is 5.01 Å². The number of urea groups is 1. The van der Waals surface area contributed by atoms with E-state index in [9.17, 15) is 19.2 Å². The number of carbonyl (C=O) groups is 4. The first-order valence-electron chi connectivity index (χ1n) is 8.05. The van der Waals surface area contributed by atoms with Crippen molar-refractivity contribution in [3.05, 3.63) is 35.9 Å². The summed E-state index contributed by atoms with van der Waals surface area (Å²) in [6.45, 7) is 1.48. The third-order valence-corrected chi connectivity index (χ3v) is 4.10. The number of likely N-dealkylation sites (N-methyl/N-ethyl adjacent to an activating group) is 2. The number of rotatable bonds is 6. The van der Waals surface area contributed by atoms with Gasteiger partial charge < -0.3 is 10.2 Å². The average molecular weight is 361 g/mol. The molecule has 2 N–H and O–H groups in total. The smallest absolute Gasteiger partial charge is 0.344 e. The Morgan fingerprint density at radius 2 is 1.73 bits per heavy atom. The summed E-state index contributed by atoms with van der Waals surface area (Å²) >= 11 is 0. The van der Waals surface area contributed by atoms with Gasteiger partial charge in [0.25, 0.3) is 11.8 Å². The van der Waals surface area contributed by atoms with Crippen LogP contribution in [0.5, 0.6) is 0 Å². The molecule has 1 aliphatic heterocycles. The fourth-order valence-electron chi connectivity index (χ4n) is 2.54. The van der Waals surface area contributed by atoms with Gasteiger partial charge in [0.05, 0.1) is 13.1 Å². The van der Waals surface area contributed by atoms with Crippen molar-refractivity contribution >= 4 is 23.8 Å². The van der Waals surface area contributed by atoms with Gasteiger partial charge in [0.1, 0.15) is 5.54 Å². The highest BCUT2D eigenvalue weighted by Gasteiger charge is 2.49. The van der Waals surface area contributed by atoms with Crippen molar-refractivity contribution in [1.29, 1.82) is 0 Å². The number of imide groups is 1. The molecule has 0 saturated carbocycles. The molecular weight excluding hydrogens is 338 g/mol. The fourth-order valence-corrected chi connectivity index (χ4v) is 2.54. The van der Waals surface area contributed by atoms with Gasteiger partial charge in [-0.05, 0) is 19.5 Å². The molecule has 9 heteroatoms. The van der Waals surface area contributed by atoms with Crippen molar-refractivity contribution in [1.82, 2.24) is 25.6 Å². The fraction of sp³-hybridized carbons (Fsp3) is 0.412. The molecule has 1 heterocycles. The second kappa shape index (κ2) is 7.52. The van der Waals surface area contributed by atoms with Gasteiger partial charge in [-0.15, -0.1) is 0 Å². The van der Waals surface area contributed by atoms with Crippen molar-refractivity contribution in [2.24, 2.45) is 0 Å². The number of hydrazine groups is 1. The Kier molecular flexibility index (Phi) is 5.61. The van der Waals surface area contributed by atoms with Crippen LogP contribution in [-0.4, -0.2) is 72.8 Å². The lowest BCUT2D eigenvalue weighted by molar-refractivity contribution is -0.139. The van der Waals surface area contributed by atoms with Crippen LogP contribution in [0.2, 0.25) is 0 Å². The minimum Gasteiger partial charge on any atom is -0.348 e. The second-order valence-corrected chi connectivity index (χ2v) is 6.56. The number of benzene rings is 1. The number of nitrogens with zero attached hydrogens (tertiary/aromatic N) is 3. The monoisotopic (exact) mass is 361 g/mol. The van der Waals surface area contributed by atoms with Gasteiger partial charge >= 0.3 is 6.03 Å². The second-order valence-electron chi connectivity index (χ2n) is 6.56. The molecule has 0 unspecified atom stereocenters. The molecule has 9 nitrogen and oxygen atoms in total. The van der Waals surface area contributed by atoms with Crippen LogP contribution in [0.25, 0.3) is 0 Å². The van der Waals surface area contributed by atoms with E-state index in [-0.39, 0.29) is 19.0 Å². The van der Waals surface area contributed by atoms with Crippen LogP contribution in [0.3, 0.4) is 0 Å². The Morgan fingerprint density at radius 1 is 1.12 bits per heavy atom. The lowest BCUT2D eigenvalue weighted by atomic mass is 9.92. The maximum atomic E-state index is 12.7. The summed E-state index contributed by atoms with van der Waals surface area (Å²) in [5.74, 6) is -1.30. The van der Waals surface area contributed by atoms with E-state index in [1.165, 1.54) is 9.80 Å². The number of hydrogen-bond acceptors (Lipinski definition) is 5. The van der Waals surface area contributed by atoms with Crippen LogP contribution in [0.1, 0.15) is 12.5 Å². The predicted molar refractivity (Wildman–Crippen MR) is 93.5 cm³/mol. The Morgan fingerprint density at radius 3 is 2.31 bits per heavy atom. The third kappa shape index (κ3) is 3.99. The molecule has 1 aromatic carbocycles. The minimum atomic E-state index is -1.25. The summed E-state index contributed by atoms with van der Waals surface area (Å²) in [7, 11) is 4.84. The van der Waals surface area contributed by atoms with E-state index in [1.807, 2.05) is 0 Å². The minimum absolute atomic E-state index is 0.0439. The lowest BCUT2D eigenvalue weighted by Crippen LogP contribution is -2.51. The summed E-state index contributed by atoms with van der Waals surface area (Å²) in [6, 6.07) is 8.07. The standard InChI is InChI=1S/C17H23N5O4/c1-17(12-8-6-5-7-9-12)15(25)22(16(26)18-17)19-13(23)10-21(4)11-14(24)20(2)3/h5-9H,10-11H2,1-4H3,(H,18,26)(H,19,23)/t17-/m1/s1. The van der Waals surface area contributed by atoms with Crippen molar-refractivity contribution < 1.29 is 19.2 Å². The largest absolute Gasteiger partial charge is 0.348 e. The first-order chi connectivity index (χ1) is 12.1. The van der Waals surface area contributed by atoms with Crippen molar-refractivity contribution in [2.45, 2.75) is 12.5 Å². The van der Waals surface area contributed by atoms with E-state index in [2.05, 4.69) is 10.7 Å². The number of carbonyl (C=O) groups excluding carboxylic acids is 4. The average Bonchev–Trinajstić information content (AvgIpc) is 2.79. The van der Waals surface area contributed by atoms with Crippen LogP contribution in [0, 0.1) is 0 Å². The third-order valence-electron chi connectivity index (χ3n) is 4.10. The lowest BCUT2D eigenvalue weighted by Gasteiger charge is -2.23. The molecule has 1 atom stereocenters. The zero-order chi connectivity index (χ0) is 19.5. The van der Waals surface area contributed by atoms with Crippen molar-refractivity contribution in [3.8, 4) is 0 Å². The SMILES string of the molecule is CN(CC(=O)NN1C(=O)N[C@](C)(c2ccccc2)C1=O)CC(=O)N(C)C. The van der Waals surface area contributed by atoms with Crippen molar-refractivity contribution in [3.63, 3.8) is 0 Å². The van der Waals surface area contributed by atoms with Gasteiger partial charge in [-0.3, -0.25) is 24.7 Å². The molecule has 0 radical (unpaired) electrons. The zero-order valence-corrected chi connectivity index (χ0v) is 15.3. The number of nitrogens with one attached hydrogen (secondary N) is 2.